The lowest BCUT2D eigenvalue weighted by Gasteiger charge is -2.33. The number of rotatable bonds is 5. The van der Waals surface area contributed by atoms with E-state index in [9.17, 15) is 4.79 Å². The minimum Gasteiger partial charge on any atom is -0.343 e. The molecule has 0 aromatic heterocycles. The van der Waals surface area contributed by atoms with Crippen LogP contribution in [0.2, 0.25) is 0 Å². The average molecular weight is 266 g/mol. The van der Waals surface area contributed by atoms with E-state index in [1.165, 1.54) is 58.0 Å². The Morgan fingerprint density at radius 1 is 1.05 bits per heavy atom. The van der Waals surface area contributed by atoms with Gasteiger partial charge in [-0.1, -0.05) is 26.2 Å². The van der Waals surface area contributed by atoms with Crippen LogP contribution in [0, 0.1) is 5.92 Å². The largest absolute Gasteiger partial charge is 0.343 e. The van der Waals surface area contributed by atoms with Gasteiger partial charge in [-0.15, -0.1) is 0 Å². The molecule has 2 rings (SSSR count). The highest BCUT2D eigenvalue weighted by Gasteiger charge is 2.22. The highest BCUT2D eigenvalue weighted by atomic mass is 16.2. The van der Waals surface area contributed by atoms with Gasteiger partial charge in [0.15, 0.2) is 0 Å². The van der Waals surface area contributed by atoms with E-state index in [2.05, 4.69) is 16.7 Å². The second kappa shape index (κ2) is 7.88. The van der Waals surface area contributed by atoms with Crippen LogP contribution in [0.5, 0.6) is 0 Å². The summed E-state index contributed by atoms with van der Waals surface area (Å²) in [5.41, 5.74) is 0. The molecule has 0 spiro atoms. The fourth-order valence-electron chi connectivity index (χ4n) is 3.47. The molecule has 2 fully saturated rings. The number of nitrogens with zero attached hydrogens (tertiary/aromatic N) is 2. The number of amides is 1. The van der Waals surface area contributed by atoms with Crippen molar-refractivity contribution in [3.63, 3.8) is 0 Å². The first-order valence-corrected chi connectivity index (χ1v) is 8.29. The van der Waals surface area contributed by atoms with Crippen LogP contribution in [-0.2, 0) is 4.79 Å². The van der Waals surface area contributed by atoms with E-state index in [0.717, 1.165) is 32.0 Å². The van der Waals surface area contributed by atoms with Gasteiger partial charge in [-0.3, -0.25) is 4.79 Å². The Hall–Kier alpha value is -0.570. The standard InChI is InChI=1S/C16H30N2O/c1-2-6-15-7-13-18(14-8-15)16(19)9-12-17-10-4-3-5-11-17/h15H,2-14H2,1H3. The van der Waals surface area contributed by atoms with Gasteiger partial charge in [-0.05, 0) is 44.7 Å². The van der Waals surface area contributed by atoms with Crippen molar-refractivity contribution in [1.29, 1.82) is 0 Å². The molecule has 0 bridgehead atoms. The summed E-state index contributed by atoms with van der Waals surface area (Å²) >= 11 is 0. The molecular formula is C16H30N2O. The third-order valence-corrected chi connectivity index (χ3v) is 4.75. The smallest absolute Gasteiger partial charge is 0.223 e. The molecule has 0 aromatic carbocycles. The zero-order chi connectivity index (χ0) is 13.5. The fourth-order valence-corrected chi connectivity index (χ4v) is 3.47. The van der Waals surface area contributed by atoms with Crippen molar-refractivity contribution in [2.75, 3.05) is 32.7 Å². The van der Waals surface area contributed by atoms with Gasteiger partial charge in [0.05, 0.1) is 0 Å². The molecule has 0 saturated carbocycles. The molecule has 2 aliphatic heterocycles. The van der Waals surface area contributed by atoms with Gasteiger partial charge in [0.2, 0.25) is 5.91 Å². The van der Waals surface area contributed by atoms with Gasteiger partial charge in [0.1, 0.15) is 0 Å². The van der Waals surface area contributed by atoms with Crippen molar-refractivity contribution >= 4 is 5.91 Å². The third-order valence-electron chi connectivity index (χ3n) is 4.75. The summed E-state index contributed by atoms with van der Waals surface area (Å²) in [5, 5.41) is 0. The van der Waals surface area contributed by atoms with E-state index in [-0.39, 0.29) is 0 Å². The predicted octanol–water partition coefficient (Wildman–Crippen LogP) is 2.90. The maximum atomic E-state index is 12.2. The van der Waals surface area contributed by atoms with Gasteiger partial charge in [0.25, 0.3) is 0 Å². The van der Waals surface area contributed by atoms with Crippen LogP contribution in [0.4, 0.5) is 0 Å². The van der Waals surface area contributed by atoms with E-state index >= 15 is 0 Å². The molecule has 0 unspecified atom stereocenters. The monoisotopic (exact) mass is 266 g/mol. The van der Waals surface area contributed by atoms with Crippen molar-refractivity contribution in [3.05, 3.63) is 0 Å². The number of hydrogen-bond donors (Lipinski definition) is 0. The second-order valence-corrected chi connectivity index (χ2v) is 6.27. The summed E-state index contributed by atoms with van der Waals surface area (Å²) in [6, 6.07) is 0. The molecule has 0 radical (unpaired) electrons. The Labute approximate surface area is 118 Å². The summed E-state index contributed by atoms with van der Waals surface area (Å²) in [6.07, 6.45) is 9.82. The summed E-state index contributed by atoms with van der Waals surface area (Å²) in [5.74, 6) is 1.26. The zero-order valence-electron chi connectivity index (χ0n) is 12.6. The van der Waals surface area contributed by atoms with Gasteiger partial charge in [-0.2, -0.15) is 0 Å². The second-order valence-electron chi connectivity index (χ2n) is 6.27. The molecule has 0 aromatic rings. The minimum atomic E-state index is 0.389. The van der Waals surface area contributed by atoms with E-state index in [4.69, 9.17) is 0 Å². The van der Waals surface area contributed by atoms with Crippen LogP contribution in [-0.4, -0.2) is 48.4 Å². The molecule has 0 N–H and O–H groups in total. The predicted molar refractivity (Wildman–Crippen MR) is 79.1 cm³/mol. The van der Waals surface area contributed by atoms with Gasteiger partial charge in [-0.25, -0.2) is 0 Å². The molecule has 0 aliphatic carbocycles. The quantitative estimate of drug-likeness (QED) is 0.764. The number of likely N-dealkylation sites (tertiary alicyclic amines) is 2. The summed E-state index contributed by atoms with van der Waals surface area (Å²) in [4.78, 5) is 16.8. The van der Waals surface area contributed by atoms with Crippen molar-refractivity contribution in [2.24, 2.45) is 5.92 Å². The molecule has 2 aliphatic rings. The Balaban J connectivity index is 1.63. The topological polar surface area (TPSA) is 23.6 Å². The van der Waals surface area contributed by atoms with Crippen molar-refractivity contribution in [1.82, 2.24) is 9.80 Å². The summed E-state index contributed by atoms with van der Waals surface area (Å²) in [7, 11) is 0. The van der Waals surface area contributed by atoms with Gasteiger partial charge >= 0.3 is 0 Å². The highest BCUT2D eigenvalue weighted by molar-refractivity contribution is 5.76. The Bertz CT molecular complexity index is 266. The zero-order valence-corrected chi connectivity index (χ0v) is 12.6. The Morgan fingerprint density at radius 3 is 2.37 bits per heavy atom. The molecule has 0 atom stereocenters. The minimum absolute atomic E-state index is 0.389. The van der Waals surface area contributed by atoms with Crippen molar-refractivity contribution < 1.29 is 4.79 Å². The van der Waals surface area contributed by atoms with Gasteiger partial charge in [0, 0.05) is 26.1 Å². The van der Waals surface area contributed by atoms with E-state index in [1.807, 2.05) is 0 Å². The van der Waals surface area contributed by atoms with Crippen LogP contribution >= 0.6 is 0 Å². The van der Waals surface area contributed by atoms with Crippen LogP contribution in [0.15, 0.2) is 0 Å². The fraction of sp³-hybridized carbons (Fsp3) is 0.938. The molecule has 1 amide bonds. The first-order valence-electron chi connectivity index (χ1n) is 8.29. The molecule has 2 saturated heterocycles. The number of carbonyl (C=O) groups is 1. The summed E-state index contributed by atoms with van der Waals surface area (Å²) in [6.45, 7) is 7.65. The van der Waals surface area contributed by atoms with Crippen LogP contribution in [0.1, 0.15) is 58.3 Å². The number of hydrogen-bond acceptors (Lipinski definition) is 2. The normalized spacial score (nSPS) is 22.7. The van der Waals surface area contributed by atoms with Crippen molar-refractivity contribution in [2.45, 2.75) is 58.3 Å². The average Bonchev–Trinajstić information content (AvgIpc) is 2.47. The highest BCUT2D eigenvalue weighted by Crippen LogP contribution is 2.22. The number of carbonyl (C=O) groups excluding carboxylic acids is 1. The maximum Gasteiger partial charge on any atom is 0.223 e. The van der Waals surface area contributed by atoms with E-state index in [0.29, 0.717) is 5.91 Å². The van der Waals surface area contributed by atoms with Gasteiger partial charge < -0.3 is 9.80 Å². The molecule has 2 heterocycles. The molecule has 3 nitrogen and oxygen atoms in total. The van der Waals surface area contributed by atoms with Crippen molar-refractivity contribution in [3.8, 4) is 0 Å². The number of piperidine rings is 2. The lowest BCUT2D eigenvalue weighted by Crippen LogP contribution is -2.40. The lowest BCUT2D eigenvalue weighted by molar-refractivity contribution is -0.133. The van der Waals surface area contributed by atoms with E-state index in [1.54, 1.807) is 0 Å². The van der Waals surface area contributed by atoms with Crippen LogP contribution in [0.3, 0.4) is 0 Å². The summed E-state index contributed by atoms with van der Waals surface area (Å²) < 4.78 is 0. The van der Waals surface area contributed by atoms with Crippen LogP contribution in [0.25, 0.3) is 0 Å². The first-order chi connectivity index (χ1) is 9.29. The first kappa shape index (κ1) is 14.8. The Kier molecular flexibility index (Phi) is 6.15. The maximum absolute atomic E-state index is 12.2. The molecule has 19 heavy (non-hydrogen) atoms. The van der Waals surface area contributed by atoms with E-state index < -0.39 is 0 Å². The van der Waals surface area contributed by atoms with Crippen LogP contribution < -0.4 is 0 Å². The molecular weight excluding hydrogens is 236 g/mol. The lowest BCUT2D eigenvalue weighted by atomic mass is 9.92. The SMILES string of the molecule is CCCC1CCN(C(=O)CCN2CCCCC2)CC1. The third kappa shape index (κ3) is 4.79. The molecule has 110 valence electrons. The molecule has 3 heteroatoms. The Morgan fingerprint density at radius 2 is 1.74 bits per heavy atom.